The van der Waals surface area contributed by atoms with Crippen molar-refractivity contribution in [1.29, 1.82) is 0 Å². The predicted octanol–water partition coefficient (Wildman–Crippen LogP) is 1.22. The van der Waals surface area contributed by atoms with Crippen LogP contribution in [0.1, 0.15) is 33.1 Å². The van der Waals surface area contributed by atoms with Gasteiger partial charge in [0.25, 0.3) is 0 Å². The minimum atomic E-state index is -2.76. The molecule has 102 valence electrons. The Hall–Kier alpha value is -0.130. The van der Waals surface area contributed by atoms with Gasteiger partial charge in [0, 0.05) is 19.2 Å². The van der Waals surface area contributed by atoms with Crippen LogP contribution in [0.2, 0.25) is 0 Å². The van der Waals surface area contributed by atoms with Crippen molar-refractivity contribution < 1.29 is 13.2 Å². The number of sulfone groups is 1. The van der Waals surface area contributed by atoms with Crippen LogP contribution in [0.5, 0.6) is 0 Å². The smallest absolute Gasteiger partial charge is 0.151 e. The number of hydrogen-bond donors (Lipinski definition) is 1. The van der Waals surface area contributed by atoms with Gasteiger partial charge in [-0.25, -0.2) is 8.42 Å². The molecule has 0 aromatic rings. The first-order chi connectivity index (χ1) is 7.99. The molecule has 0 spiro atoms. The first-order valence-electron chi connectivity index (χ1n) is 6.51. The second-order valence-corrected chi connectivity index (χ2v) is 7.43. The zero-order valence-electron chi connectivity index (χ0n) is 10.9. The van der Waals surface area contributed by atoms with Crippen LogP contribution in [-0.4, -0.2) is 45.7 Å². The van der Waals surface area contributed by atoms with E-state index >= 15 is 0 Å². The monoisotopic (exact) mass is 263 g/mol. The largest absolute Gasteiger partial charge is 0.380 e. The molecule has 1 aliphatic rings. The van der Waals surface area contributed by atoms with Crippen LogP contribution in [0.15, 0.2) is 0 Å². The summed E-state index contributed by atoms with van der Waals surface area (Å²) in [6, 6.07) is 0.138. The molecular weight excluding hydrogens is 238 g/mol. The lowest BCUT2D eigenvalue weighted by atomic mass is 10.1. The molecule has 17 heavy (non-hydrogen) atoms. The quantitative estimate of drug-likeness (QED) is 0.669. The molecule has 1 aliphatic heterocycles. The van der Waals surface area contributed by atoms with Gasteiger partial charge in [-0.3, -0.25) is 0 Å². The first kappa shape index (κ1) is 14.9. The number of rotatable bonds is 8. The molecule has 0 radical (unpaired) electrons. The van der Waals surface area contributed by atoms with Crippen molar-refractivity contribution in [2.75, 3.05) is 31.3 Å². The van der Waals surface area contributed by atoms with Crippen LogP contribution in [0.3, 0.4) is 0 Å². The van der Waals surface area contributed by atoms with Crippen LogP contribution >= 0.6 is 0 Å². The summed E-state index contributed by atoms with van der Waals surface area (Å²) in [4.78, 5) is 0. The molecule has 1 unspecified atom stereocenters. The molecule has 0 aromatic heterocycles. The Balaban J connectivity index is 1.91. The van der Waals surface area contributed by atoms with Gasteiger partial charge in [-0.1, -0.05) is 13.8 Å². The van der Waals surface area contributed by atoms with Crippen LogP contribution in [-0.2, 0) is 14.6 Å². The Kier molecular flexibility index (Phi) is 6.44. The van der Waals surface area contributed by atoms with Gasteiger partial charge in [0.05, 0.1) is 18.1 Å². The topological polar surface area (TPSA) is 55.4 Å². The zero-order chi connectivity index (χ0) is 12.7. The number of ether oxygens (including phenoxy) is 1. The van der Waals surface area contributed by atoms with Crippen molar-refractivity contribution in [3.63, 3.8) is 0 Å². The van der Waals surface area contributed by atoms with Crippen LogP contribution in [0.4, 0.5) is 0 Å². The summed E-state index contributed by atoms with van der Waals surface area (Å²) < 4.78 is 27.9. The molecular formula is C12H25NO3S. The van der Waals surface area contributed by atoms with Gasteiger partial charge in [0.1, 0.15) is 0 Å². The van der Waals surface area contributed by atoms with E-state index in [1.165, 1.54) is 6.42 Å². The lowest BCUT2D eigenvalue weighted by Crippen LogP contribution is -2.32. The predicted molar refractivity (Wildman–Crippen MR) is 70.0 cm³/mol. The molecule has 1 rings (SSSR count). The normalized spacial score (nSPS) is 23.4. The van der Waals surface area contributed by atoms with E-state index in [9.17, 15) is 8.42 Å². The summed E-state index contributed by atoms with van der Waals surface area (Å²) in [6.07, 6.45) is 3.06. The molecule has 1 N–H and O–H groups in total. The molecule has 4 nitrogen and oxygen atoms in total. The van der Waals surface area contributed by atoms with Crippen molar-refractivity contribution >= 4 is 9.84 Å². The highest BCUT2D eigenvalue weighted by atomic mass is 32.2. The molecule has 5 heteroatoms. The molecule has 1 saturated heterocycles. The van der Waals surface area contributed by atoms with Crippen molar-refractivity contribution in [2.45, 2.75) is 39.2 Å². The van der Waals surface area contributed by atoms with E-state index in [2.05, 4.69) is 19.2 Å². The van der Waals surface area contributed by atoms with E-state index in [0.29, 0.717) is 18.1 Å². The van der Waals surface area contributed by atoms with Gasteiger partial charge in [-0.2, -0.15) is 0 Å². The molecule has 1 atom stereocenters. The zero-order valence-corrected chi connectivity index (χ0v) is 11.8. The third-order valence-corrected chi connectivity index (χ3v) is 4.75. The molecule has 1 fully saturated rings. The summed E-state index contributed by atoms with van der Waals surface area (Å²) >= 11 is 0. The van der Waals surface area contributed by atoms with Crippen LogP contribution < -0.4 is 5.32 Å². The van der Waals surface area contributed by atoms with E-state index in [0.717, 1.165) is 31.9 Å². The standard InChI is InChI=1S/C12H25NO3S/c1-11(2)4-3-7-16-8-6-13-12-5-9-17(14,15)10-12/h11-13H,3-10H2,1-2H3. The second-order valence-electron chi connectivity index (χ2n) is 5.20. The van der Waals surface area contributed by atoms with Gasteiger partial charge in [-0.05, 0) is 25.2 Å². The molecule has 1 heterocycles. The third-order valence-electron chi connectivity index (χ3n) is 2.98. The SMILES string of the molecule is CC(C)CCCOCCNC1CCS(=O)(=O)C1. The van der Waals surface area contributed by atoms with Gasteiger partial charge < -0.3 is 10.1 Å². The summed E-state index contributed by atoms with van der Waals surface area (Å²) in [5.41, 5.74) is 0. The van der Waals surface area contributed by atoms with Gasteiger partial charge in [0.15, 0.2) is 9.84 Å². The molecule has 0 saturated carbocycles. The molecule has 0 aromatic carbocycles. The fourth-order valence-electron chi connectivity index (χ4n) is 1.99. The highest BCUT2D eigenvalue weighted by molar-refractivity contribution is 7.91. The lowest BCUT2D eigenvalue weighted by Gasteiger charge is -2.11. The average Bonchev–Trinajstić information content (AvgIpc) is 2.56. The Bertz CT molecular complexity index is 301. The number of nitrogens with one attached hydrogen (secondary N) is 1. The Labute approximate surface area is 105 Å². The summed E-state index contributed by atoms with van der Waals surface area (Å²) in [5.74, 6) is 1.36. The Morgan fingerprint density at radius 2 is 2.12 bits per heavy atom. The van der Waals surface area contributed by atoms with Crippen LogP contribution in [0, 0.1) is 5.92 Å². The van der Waals surface area contributed by atoms with E-state index in [-0.39, 0.29) is 6.04 Å². The molecule has 0 amide bonds. The van der Waals surface area contributed by atoms with E-state index in [1.54, 1.807) is 0 Å². The van der Waals surface area contributed by atoms with E-state index in [4.69, 9.17) is 4.74 Å². The maximum absolute atomic E-state index is 11.2. The minimum Gasteiger partial charge on any atom is -0.380 e. The maximum Gasteiger partial charge on any atom is 0.151 e. The van der Waals surface area contributed by atoms with Crippen molar-refractivity contribution in [1.82, 2.24) is 5.32 Å². The Morgan fingerprint density at radius 3 is 2.71 bits per heavy atom. The van der Waals surface area contributed by atoms with Gasteiger partial charge in [0.2, 0.25) is 0 Å². The van der Waals surface area contributed by atoms with Crippen LogP contribution in [0.25, 0.3) is 0 Å². The first-order valence-corrected chi connectivity index (χ1v) is 8.33. The summed E-state index contributed by atoms with van der Waals surface area (Å²) in [6.45, 7) is 6.66. The third kappa shape index (κ3) is 7.01. The minimum absolute atomic E-state index is 0.138. The second kappa shape index (κ2) is 7.34. The van der Waals surface area contributed by atoms with Crippen molar-refractivity contribution in [3.05, 3.63) is 0 Å². The molecule has 0 bridgehead atoms. The number of hydrogen-bond acceptors (Lipinski definition) is 4. The fraction of sp³-hybridized carbons (Fsp3) is 1.00. The highest BCUT2D eigenvalue weighted by Gasteiger charge is 2.26. The van der Waals surface area contributed by atoms with E-state index < -0.39 is 9.84 Å². The lowest BCUT2D eigenvalue weighted by molar-refractivity contribution is 0.128. The van der Waals surface area contributed by atoms with Gasteiger partial charge in [-0.15, -0.1) is 0 Å². The highest BCUT2D eigenvalue weighted by Crippen LogP contribution is 2.10. The average molecular weight is 263 g/mol. The van der Waals surface area contributed by atoms with Crippen molar-refractivity contribution in [2.24, 2.45) is 5.92 Å². The fourth-order valence-corrected chi connectivity index (χ4v) is 3.69. The van der Waals surface area contributed by atoms with E-state index in [1.807, 2.05) is 0 Å². The maximum atomic E-state index is 11.2. The van der Waals surface area contributed by atoms with Gasteiger partial charge >= 0.3 is 0 Å². The summed E-state index contributed by atoms with van der Waals surface area (Å²) in [7, 11) is -2.76. The molecule has 0 aliphatic carbocycles. The Morgan fingerprint density at radius 1 is 1.35 bits per heavy atom. The van der Waals surface area contributed by atoms with Crippen molar-refractivity contribution in [3.8, 4) is 0 Å². The summed E-state index contributed by atoms with van der Waals surface area (Å²) in [5, 5.41) is 3.23.